The topological polar surface area (TPSA) is 55.7 Å². The molecule has 106 valence electrons. The lowest BCUT2D eigenvalue weighted by Gasteiger charge is -2.10. The number of benzene rings is 2. The number of carbonyl (C=O) groups excluding carboxylic acids is 1. The maximum absolute atomic E-state index is 11.6. The van der Waals surface area contributed by atoms with Crippen molar-refractivity contribution < 1.29 is 9.53 Å². The molecule has 0 heterocycles. The normalized spacial score (nSPS) is 10.0. The maximum atomic E-state index is 11.6. The van der Waals surface area contributed by atoms with Crippen LogP contribution in [0.4, 0.5) is 0 Å². The van der Waals surface area contributed by atoms with Crippen molar-refractivity contribution in [3.63, 3.8) is 0 Å². The van der Waals surface area contributed by atoms with E-state index in [0.29, 0.717) is 5.75 Å². The molecule has 2 aromatic rings. The zero-order valence-electron chi connectivity index (χ0n) is 11.9. The molecule has 21 heavy (non-hydrogen) atoms. The van der Waals surface area contributed by atoms with Crippen LogP contribution in [0.3, 0.4) is 0 Å². The number of fused-ring (bicyclic) bond motifs is 1. The monoisotopic (exact) mass is 281 g/mol. The minimum Gasteiger partial charge on any atom is -0.479 e. The maximum Gasteiger partial charge on any atom is 0.320 e. The first-order valence-corrected chi connectivity index (χ1v) is 6.64. The Balaban J connectivity index is 2.44. The van der Waals surface area contributed by atoms with Crippen LogP contribution in [0.5, 0.6) is 5.75 Å². The highest BCUT2D eigenvalue weighted by molar-refractivity contribution is 6.04. The lowest BCUT2D eigenvalue weighted by atomic mass is 10.0. The summed E-state index contributed by atoms with van der Waals surface area (Å²) in [6.45, 7) is 4.12. The van der Waals surface area contributed by atoms with Crippen molar-refractivity contribution in [2.45, 2.75) is 13.8 Å². The molecule has 0 aliphatic rings. The predicted molar refractivity (Wildman–Crippen MR) is 82.2 cm³/mol. The first-order chi connectivity index (χ1) is 10.1. The molecule has 0 unspecified atom stereocenters. The van der Waals surface area contributed by atoms with E-state index in [9.17, 15) is 9.70 Å². The molecule has 0 saturated carbocycles. The fourth-order valence-corrected chi connectivity index (χ4v) is 1.97. The van der Waals surface area contributed by atoms with E-state index in [4.69, 9.17) is 4.74 Å². The number of nitroso groups, excluding NO2 is 1. The van der Waals surface area contributed by atoms with E-state index >= 15 is 0 Å². The predicted octanol–water partition coefficient (Wildman–Crippen LogP) is 3.78. The summed E-state index contributed by atoms with van der Waals surface area (Å²) in [5, 5.41) is 4.16. The van der Waals surface area contributed by atoms with Crippen LogP contribution < -0.4 is 4.74 Å². The molecule has 0 aliphatic carbocycles. The molecule has 0 fully saturated rings. The molecule has 0 N–H and O–H groups in total. The fourth-order valence-electron chi connectivity index (χ4n) is 1.97. The van der Waals surface area contributed by atoms with Gasteiger partial charge in [-0.05, 0) is 11.5 Å². The lowest BCUT2D eigenvalue weighted by Crippen LogP contribution is -2.03. The number of nitrogens with zero attached hydrogens (tertiary/aromatic N) is 1. The third-order valence-corrected chi connectivity index (χ3v) is 2.87. The summed E-state index contributed by atoms with van der Waals surface area (Å²) in [4.78, 5) is 22.2. The molecule has 0 bridgehead atoms. The van der Waals surface area contributed by atoms with Crippen molar-refractivity contribution in [2.24, 2.45) is 11.1 Å². The Morgan fingerprint density at radius 2 is 2.00 bits per heavy atom. The van der Waals surface area contributed by atoms with Crippen LogP contribution in [0.2, 0.25) is 0 Å². The summed E-state index contributed by atoms with van der Waals surface area (Å²) >= 11 is 0. The van der Waals surface area contributed by atoms with Gasteiger partial charge >= 0.3 is 5.91 Å². The Labute approximate surface area is 123 Å². The van der Waals surface area contributed by atoms with Gasteiger partial charge in [-0.2, -0.15) is 0 Å². The van der Waals surface area contributed by atoms with Gasteiger partial charge < -0.3 is 4.74 Å². The van der Waals surface area contributed by atoms with Crippen molar-refractivity contribution in [2.75, 3.05) is 6.61 Å². The van der Waals surface area contributed by atoms with E-state index in [0.717, 1.165) is 10.8 Å². The Hall–Kier alpha value is -2.67. The number of rotatable bonds is 3. The number of ether oxygens (including phenoxy) is 1. The van der Waals surface area contributed by atoms with Crippen LogP contribution in [-0.2, 0) is 0 Å². The van der Waals surface area contributed by atoms with E-state index in [1.807, 2.05) is 38.1 Å². The number of amides is 1. The second kappa shape index (κ2) is 6.67. The summed E-state index contributed by atoms with van der Waals surface area (Å²) in [5.74, 6) is 5.64. The highest BCUT2D eigenvalue weighted by Gasteiger charge is 2.16. The van der Waals surface area contributed by atoms with Crippen LogP contribution in [0.1, 0.15) is 24.2 Å². The summed E-state index contributed by atoms with van der Waals surface area (Å²) in [6, 6.07) is 10.8. The van der Waals surface area contributed by atoms with Crippen LogP contribution in [0.15, 0.2) is 41.6 Å². The molecule has 1 amide bonds. The van der Waals surface area contributed by atoms with Gasteiger partial charge in [0.2, 0.25) is 0 Å². The Morgan fingerprint density at radius 3 is 2.71 bits per heavy atom. The van der Waals surface area contributed by atoms with E-state index in [-0.39, 0.29) is 18.1 Å². The van der Waals surface area contributed by atoms with Gasteiger partial charge in [-0.15, -0.1) is 4.91 Å². The zero-order valence-corrected chi connectivity index (χ0v) is 11.9. The second-order valence-corrected chi connectivity index (χ2v) is 4.82. The summed E-state index contributed by atoms with van der Waals surface area (Å²) in [7, 11) is 0. The smallest absolute Gasteiger partial charge is 0.320 e. The molecule has 2 aromatic carbocycles. The molecule has 0 saturated heterocycles. The van der Waals surface area contributed by atoms with Gasteiger partial charge in [-0.25, -0.2) is 0 Å². The Morgan fingerprint density at radius 1 is 1.24 bits per heavy atom. The van der Waals surface area contributed by atoms with Crippen molar-refractivity contribution in [1.82, 2.24) is 0 Å². The highest BCUT2D eigenvalue weighted by atomic mass is 16.5. The SMILES string of the molecule is CC(C)C#CCOc1c(C(=O)N=O)ccc2ccccc12. The summed E-state index contributed by atoms with van der Waals surface area (Å²) in [5.41, 5.74) is 0.162. The van der Waals surface area contributed by atoms with Gasteiger partial charge in [0.05, 0.1) is 5.56 Å². The minimum atomic E-state index is -0.840. The van der Waals surface area contributed by atoms with Crippen LogP contribution in [-0.4, -0.2) is 12.5 Å². The minimum absolute atomic E-state index is 0.158. The van der Waals surface area contributed by atoms with Crippen LogP contribution in [0, 0.1) is 22.7 Å². The second-order valence-electron chi connectivity index (χ2n) is 4.82. The van der Waals surface area contributed by atoms with E-state index < -0.39 is 5.91 Å². The Kier molecular flexibility index (Phi) is 4.68. The number of hydrogen-bond acceptors (Lipinski definition) is 3. The summed E-state index contributed by atoms with van der Waals surface area (Å²) < 4.78 is 5.63. The largest absolute Gasteiger partial charge is 0.479 e. The van der Waals surface area contributed by atoms with Crippen molar-refractivity contribution in [1.29, 1.82) is 0 Å². The molecule has 2 rings (SSSR count). The molecular weight excluding hydrogens is 266 g/mol. The van der Waals surface area contributed by atoms with Gasteiger partial charge in [-0.1, -0.05) is 56.0 Å². The van der Waals surface area contributed by atoms with Gasteiger partial charge in [0.25, 0.3) is 0 Å². The standard InChI is InChI=1S/C17H15NO3/c1-12(2)6-5-11-21-16-14-8-4-3-7-13(14)9-10-15(16)17(19)18-20/h3-4,7-10,12H,11H2,1-2H3. The van der Waals surface area contributed by atoms with Crippen molar-refractivity contribution in [3.05, 3.63) is 46.9 Å². The third-order valence-electron chi connectivity index (χ3n) is 2.87. The molecule has 0 spiro atoms. The van der Waals surface area contributed by atoms with Gasteiger partial charge in [-0.3, -0.25) is 4.79 Å². The highest BCUT2D eigenvalue weighted by Crippen LogP contribution is 2.30. The molecule has 0 aliphatic heterocycles. The molecule has 0 radical (unpaired) electrons. The van der Waals surface area contributed by atoms with Crippen molar-refractivity contribution in [3.8, 4) is 17.6 Å². The molecular formula is C17H15NO3. The van der Waals surface area contributed by atoms with Crippen molar-refractivity contribution >= 4 is 16.7 Å². The van der Waals surface area contributed by atoms with E-state index in [2.05, 4.69) is 17.0 Å². The van der Waals surface area contributed by atoms with Gasteiger partial charge in [0.1, 0.15) is 12.4 Å². The van der Waals surface area contributed by atoms with E-state index in [1.165, 1.54) is 0 Å². The summed E-state index contributed by atoms with van der Waals surface area (Å²) in [6.07, 6.45) is 0. The van der Waals surface area contributed by atoms with E-state index in [1.54, 1.807) is 12.1 Å². The fraction of sp³-hybridized carbons (Fsp3) is 0.235. The average Bonchev–Trinajstić information content (AvgIpc) is 2.50. The molecule has 0 aromatic heterocycles. The first-order valence-electron chi connectivity index (χ1n) is 6.64. The van der Waals surface area contributed by atoms with Crippen LogP contribution in [0.25, 0.3) is 10.8 Å². The first kappa shape index (κ1) is 14.7. The van der Waals surface area contributed by atoms with Crippen LogP contribution >= 0.6 is 0 Å². The zero-order chi connectivity index (χ0) is 15.2. The number of hydrogen-bond donors (Lipinski definition) is 0. The van der Waals surface area contributed by atoms with Gasteiger partial charge in [0.15, 0.2) is 0 Å². The Bertz CT molecular complexity index is 739. The average molecular weight is 281 g/mol. The molecule has 0 atom stereocenters. The number of carbonyl (C=O) groups is 1. The third kappa shape index (κ3) is 3.46. The molecule has 4 heteroatoms. The van der Waals surface area contributed by atoms with Gasteiger partial charge in [0, 0.05) is 16.5 Å². The quantitative estimate of drug-likeness (QED) is 0.635. The lowest BCUT2D eigenvalue weighted by molar-refractivity contribution is 0.0997. The molecule has 4 nitrogen and oxygen atoms in total.